The molecule has 2 N–H and O–H groups in total. The molecule has 1 amide bonds. The minimum absolute atomic E-state index is 0.0528. The molecule has 1 aromatic rings. The van der Waals surface area contributed by atoms with Crippen molar-refractivity contribution in [2.75, 3.05) is 10.6 Å². The molecular formula is C11H18N4O. The molecule has 5 nitrogen and oxygen atoms in total. The summed E-state index contributed by atoms with van der Waals surface area (Å²) in [5.41, 5.74) is 1.79. The zero-order valence-corrected chi connectivity index (χ0v) is 10.0. The van der Waals surface area contributed by atoms with Crippen LogP contribution >= 0.6 is 0 Å². The van der Waals surface area contributed by atoms with Gasteiger partial charge in [-0.15, -0.1) is 0 Å². The Morgan fingerprint density at radius 2 is 2.19 bits per heavy atom. The van der Waals surface area contributed by atoms with Crippen LogP contribution < -0.4 is 10.6 Å². The summed E-state index contributed by atoms with van der Waals surface area (Å²) < 4.78 is 1.80. The van der Waals surface area contributed by atoms with Crippen LogP contribution in [0.25, 0.3) is 0 Å². The summed E-state index contributed by atoms with van der Waals surface area (Å²) in [6.07, 6.45) is 2.65. The van der Waals surface area contributed by atoms with Crippen molar-refractivity contribution >= 4 is 17.4 Å². The average Bonchev–Trinajstić information content (AvgIpc) is 2.56. The molecule has 5 heteroatoms. The lowest BCUT2D eigenvalue weighted by Crippen LogP contribution is -2.39. The quantitative estimate of drug-likeness (QED) is 0.815. The maximum Gasteiger partial charge on any atom is 0.247 e. The van der Waals surface area contributed by atoms with E-state index in [1.54, 1.807) is 4.68 Å². The van der Waals surface area contributed by atoms with Gasteiger partial charge in [0.05, 0.1) is 5.69 Å². The standard InChI is InChI=1S/C11H18N4O/c1-4-6-8-11(16)13-9-7(5-2)14-15(3)10(9)12-8/h8,12H,4-6H2,1-3H3,(H,13,16). The smallest absolute Gasteiger partial charge is 0.247 e. The third-order valence-electron chi connectivity index (χ3n) is 2.91. The number of carbonyl (C=O) groups is 1. The predicted octanol–water partition coefficient (Wildman–Crippen LogP) is 1.52. The van der Waals surface area contributed by atoms with Gasteiger partial charge in [0.25, 0.3) is 0 Å². The molecule has 0 bridgehead atoms. The summed E-state index contributed by atoms with van der Waals surface area (Å²) in [5, 5.41) is 10.6. The Hall–Kier alpha value is -1.52. The molecular weight excluding hydrogens is 204 g/mol. The Labute approximate surface area is 95.2 Å². The molecule has 0 radical (unpaired) electrons. The number of hydrogen-bond donors (Lipinski definition) is 2. The number of anilines is 2. The lowest BCUT2D eigenvalue weighted by molar-refractivity contribution is -0.117. The molecule has 0 spiro atoms. The molecule has 1 atom stereocenters. The molecule has 0 saturated carbocycles. The number of hydrogen-bond acceptors (Lipinski definition) is 3. The molecule has 0 aromatic carbocycles. The largest absolute Gasteiger partial charge is 0.357 e. The Bertz CT molecular complexity index is 410. The van der Waals surface area contributed by atoms with Gasteiger partial charge >= 0.3 is 0 Å². The van der Waals surface area contributed by atoms with Crippen LogP contribution in [0.1, 0.15) is 32.4 Å². The maximum atomic E-state index is 11.8. The van der Waals surface area contributed by atoms with Crippen LogP contribution in [0.4, 0.5) is 11.5 Å². The number of nitrogens with one attached hydrogen (secondary N) is 2. The van der Waals surface area contributed by atoms with Crippen molar-refractivity contribution in [1.82, 2.24) is 9.78 Å². The molecule has 16 heavy (non-hydrogen) atoms. The number of amides is 1. The van der Waals surface area contributed by atoms with Crippen LogP contribution in [0.2, 0.25) is 0 Å². The summed E-state index contributed by atoms with van der Waals surface area (Å²) >= 11 is 0. The summed E-state index contributed by atoms with van der Waals surface area (Å²) in [6.45, 7) is 4.11. The second kappa shape index (κ2) is 4.15. The minimum Gasteiger partial charge on any atom is -0.357 e. The van der Waals surface area contributed by atoms with Crippen molar-refractivity contribution in [3.8, 4) is 0 Å². The van der Waals surface area contributed by atoms with Gasteiger partial charge in [0.1, 0.15) is 17.5 Å². The van der Waals surface area contributed by atoms with Gasteiger partial charge in [-0.25, -0.2) is 0 Å². The van der Waals surface area contributed by atoms with Crippen LogP contribution in [0, 0.1) is 0 Å². The van der Waals surface area contributed by atoms with E-state index in [2.05, 4.69) is 22.7 Å². The minimum atomic E-state index is -0.127. The van der Waals surface area contributed by atoms with Gasteiger partial charge in [0, 0.05) is 7.05 Å². The second-order valence-corrected chi connectivity index (χ2v) is 4.12. The maximum absolute atomic E-state index is 11.8. The van der Waals surface area contributed by atoms with E-state index in [1.165, 1.54) is 0 Å². The van der Waals surface area contributed by atoms with E-state index < -0.39 is 0 Å². The third kappa shape index (κ3) is 1.66. The van der Waals surface area contributed by atoms with E-state index in [-0.39, 0.29) is 11.9 Å². The highest BCUT2D eigenvalue weighted by Crippen LogP contribution is 2.30. The summed E-state index contributed by atoms with van der Waals surface area (Å²) in [4.78, 5) is 11.8. The Kier molecular flexibility index (Phi) is 2.85. The van der Waals surface area contributed by atoms with E-state index in [4.69, 9.17) is 0 Å². The van der Waals surface area contributed by atoms with E-state index in [1.807, 2.05) is 14.0 Å². The van der Waals surface area contributed by atoms with E-state index in [0.29, 0.717) is 0 Å². The normalized spacial score (nSPS) is 18.9. The number of aromatic nitrogens is 2. The fraction of sp³-hybridized carbons (Fsp3) is 0.636. The Morgan fingerprint density at radius 1 is 1.44 bits per heavy atom. The van der Waals surface area contributed by atoms with Crippen LogP contribution in [0.3, 0.4) is 0 Å². The van der Waals surface area contributed by atoms with Gasteiger partial charge < -0.3 is 10.6 Å². The summed E-state index contributed by atoms with van der Waals surface area (Å²) in [5.74, 6) is 0.979. The lowest BCUT2D eigenvalue weighted by Gasteiger charge is -2.24. The molecule has 2 rings (SSSR count). The van der Waals surface area contributed by atoms with Crippen molar-refractivity contribution < 1.29 is 4.79 Å². The summed E-state index contributed by atoms with van der Waals surface area (Å²) in [7, 11) is 1.89. The molecule has 1 unspecified atom stereocenters. The van der Waals surface area contributed by atoms with Crippen LogP contribution in [0.15, 0.2) is 0 Å². The van der Waals surface area contributed by atoms with Crippen LogP contribution in [-0.2, 0) is 18.3 Å². The number of carbonyl (C=O) groups excluding carboxylic acids is 1. The van der Waals surface area contributed by atoms with E-state index in [0.717, 1.165) is 36.5 Å². The van der Waals surface area contributed by atoms with Crippen molar-refractivity contribution in [3.05, 3.63) is 5.69 Å². The first kappa shape index (κ1) is 11.0. The second-order valence-electron chi connectivity index (χ2n) is 4.12. The Morgan fingerprint density at radius 3 is 2.81 bits per heavy atom. The fourth-order valence-electron chi connectivity index (χ4n) is 2.06. The first-order valence-electron chi connectivity index (χ1n) is 5.80. The molecule has 2 heterocycles. The van der Waals surface area contributed by atoms with Gasteiger partial charge in [-0.2, -0.15) is 5.10 Å². The first-order chi connectivity index (χ1) is 7.67. The van der Waals surface area contributed by atoms with Crippen molar-refractivity contribution in [2.45, 2.75) is 39.2 Å². The number of aryl methyl sites for hydroxylation is 2. The summed E-state index contributed by atoms with van der Waals surface area (Å²) in [6, 6.07) is -0.127. The van der Waals surface area contributed by atoms with E-state index >= 15 is 0 Å². The molecule has 0 saturated heterocycles. The first-order valence-corrected chi connectivity index (χ1v) is 5.80. The number of nitrogens with zero attached hydrogens (tertiary/aromatic N) is 2. The Balaban J connectivity index is 2.32. The monoisotopic (exact) mass is 222 g/mol. The van der Waals surface area contributed by atoms with Crippen molar-refractivity contribution in [1.29, 1.82) is 0 Å². The molecule has 0 fully saturated rings. The molecule has 88 valence electrons. The van der Waals surface area contributed by atoms with Crippen molar-refractivity contribution in [3.63, 3.8) is 0 Å². The van der Waals surface area contributed by atoms with Crippen LogP contribution in [0.5, 0.6) is 0 Å². The number of rotatable bonds is 3. The predicted molar refractivity (Wildman–Crippen MR) is 63.5 cm³/mol. The fourth-order valence-corrected chi connectivity index (χ4v) is 2.06. The van der Waals surface area contributed by atoms with Gasteiger partial charge in [0.15, 0.2) is 0 Å². The molecule has 1 aliphatic heterocycles. The third-order valence-corrected chi connectivity index (χ3v) is 2.91. The van der Waals surface area contributed by atoms with Gasteiger partial charge in [0.2, 0.25) is 5.91 Å². The van der Waals surface area contributed by atoms with Crippen molar-refractivity contribution in [2.24, 2.45) is 7.05 Å². The highest BCUT2D eigenvalue weighted by atomic mass is 16.2. The van der Waals surface area contributed by atoms with Gasteiger partial charge in [-0.1, -0.05) is 20.3 Å². The van der Waals surface area contributed by atoms with E-state index in [9.17, 15) is 4.79 Å². The molecule has 0 aliphatic carbocycles. The molecule has 1 aliphatic rings. The highest BCUT2D eigenvalue weighted by molar-refractivity contribution is 6.02. The SMILES string of the molecule is CCCC1Nc2c(c(CC)nn2C)NC1=O. The van der Waals surface area contributed by atoms with Gasteiger partial charge in [-0.05, 0) is 12.8 Å². The average molecular weight is 222 g/mol. The molecule has 1 aromatic heterocycles. The zero-order chi connectivity index (χ0) is 11.7. The highest BCUT2D eigenvalue weighted by Gasteiger charge is 2.29. The topological polar surface area (TPSA) is 59.0 Å². The van der Waals surface area contributed by atoms with Crippen LogP contribution in [-0.4, -0.2) is 21.7 Å². The zero-order valence-electron chi connectivity index (χ0n) is 10.0. The lowest BCUT2D eigenvalue weighted by atomic mass is 10.1. The van der Waals surface area contributed by atoms with Gasteiger partial charge in [-0.3, -0.25) is 9.48 Å². The number of fused-ring (bicyclic) bond motifs is 1.